The molecule has 0 saturated carbocycles. The van der Waals surface area contributed by atoms with Crippen LogP contribution in [-0.2, 0) is 12.0 Å². The Morgan fingerprint density at radius 2 is 2.00 bits per heavy atom. The lowest BCUT2D eigenvalue weighted by Crippen LogP contribution is -2.39. The van der Waals surface area contributed by atoms with Crippen LogP contribution in [0, 0.1) is 0 Å². The maximum absolute atomic E-state index is 12.2. The van der Waals surface area contributed by atoms with Crippen LogP contribution in [0.3, 0.4) is 0 Å². The fraction of sp³-hybridized carbons (Fsp3) is 0.333. The molecule has 132 valence electrons. The van der Waals surface area contributed by atoms with Gasteiger partial charge in [-0.25, -0.2) is 0 Å². The van der Waals surface area contributed by atoms with Gasteiger partial charge in [-0.2, -0.15) is 0 Å². The van der Waals surface area contributed by atoms with Crippen molar-refractivity contribution in [1.29, 1.82) is 0 Å². The number of hydrogen-bond donors (Lipinski definition) is 3. The number of pyridine rings is 1. The number of aryl methyl sites for hydroxylation is 1. The summed E-state index contributed by atoms with van der Waals surface area (Å²) in [5, 5.41) is 13.7. The largest absolute Gasteiger partial charge is 0.493 e. The summed E-state index contributed by atoms with van der Waals surface area (Å²) in [5.41, 5.74) is 0.576. The molecular weight excluding hydrogens is 324 g/mol. The van der Waals surface area contributed by atoms with Crippen molar-refractivity contribution < 1.29 is 19.4 Å². The molecule has 1 amide bonds. The topological polar surface area (TPSA) is 101 Å². The maximum atomic E-state index is 12.2. The van der Waals surface area contributed by atoms with Crippen LogP contribution >= 0.6 is 0 Å². The van der Waals surface area contributed by atoms with Crippen LogP contribution in [0.15, 0.2) is 35.3 Å². The molecule has 7 heteroatoms. The fourth-order valence-corrected chi connectivity index (χ4v) is 3.10. The van der Waals surface area contributed by atoms with Gasteiger partial charge in [0.15, 0.2) is 11.5 Å². The average Bonchev–Trinajstić information content (AvgIpc) is 2.95. The molecule has 1 aromatic carbocycles. The van der Waals surface area contributed by atoms with Crippen molar-refractivity contribution in [1.82, 2.24) is 10.3 Å². The van der Waals surface area contributed by atoms with Crippen LogP contribution in [0.25, 0.3) is 0 Å². The van der Waals surface area contributed by atoms with Gasteiger partial charge in [0.05, 0.1) is 26.3 Å². The Labute approximate surface area is 144 Å². The Morgan fingerprint density at radius 1 is 1.28 bits per heavy atom. The van der Waals surface area contributed by atoms with Crippen molar-refractivity contribution in [3.63, 3.8) is 0 Å². The van der Waals surface area contributed by atoms with E-state index in [4.69, 9.17) is 9.47 Å². The van der Waals surface area contributed by atoms with E-state index < -0.39 is 5.60 Å². The number of fused-ring (bicyclic) bond motifs is 1. The first-order valence-electron chi connectivity index (χ1n) is 7.91. The lowest BCUT2D eigenvalue weighted by molar-refractivity contribution is 0.0368. The number of carbonyl (C=O) groups is 1. The molecule has 0 radical (unpaired) electrons. The number of carbonyl (C=O) groups excluding carboxylic acids is 1. The van der Waals surface area contributed by atoms with Gasteiger partial charge in [-0.05, 0) is 42.2 Å². The summed E-state index contributed by atoms with van der Waals surface area (Å²) in [4.78, 5) is 25.7. The standard InChI is InChI=1S/C18H20N2O5/c1-24-14-7-11-5-6-18(23,13(11)8-15(14)25-2)10-20-17(22)12-3-4-16(21)19-9-12/h3-4,7-9,23H,5-6,10H2,1-2H3,(H,19,21)(H,20,22). The molecule has 1 aromatic heterocycles. The molecule has 0 fully saturated rings. The van der Waals surface area contributed by atoms with Gasteiger partial charge in [0.25, 0.3) is 5.91 Å². The Bertz CT molecular complexity index is 841. The van der Waals surface area contributed by atoms with Crippen molar-refractivity contribution in [3.8, 4) is 11.5 Å². The summed E-state index contributed by atoms with van der Waals surface area (Å²) in [6.07, 6.45) is 2.52. The third-order valence-electron chi connectivity index (χ3n) is 4.51. The van der Waals surface area contributed by atoms with E-state index in [9.17, 15) is 14.7 Å². The summed E-state index contributed by atoms with van der Waals surface area (Å²) < 4.78 is 10.6. The highest BCUT2D eigenvalue weighted by molar-refractivity contribution is 5.93. The van der Waals surface area contributed by atoms with Gasteiger partial charge in [-0.15, -0.1) is 0 Å². The molecule has 0 spiro atoms. The van der Waals surface area contributed by atoms with Crippen molar-refractivity contribution in [2.75, 3.05) is 20.8 Å². The quantitative estimate of drug-likeness (QED) is 0.750. The molecule has 1 aliphatic carbocycles. The normalized spacial score (nSPS) is 18.5. The third kappa shape index (κ3) is 3.23. The number of H-pyrrole nitrogens is 1. The van der Waals surface area contributed by atoms with Gasteiger partial charge in [0.1, 0.15) is 5.60 Å². The molecule has 7 nitrogen and oxygen atoms in total. The minimum absolute atomic E-state index is 0.0629. The molecule has 1 unspecified atom stereocenters. The number of ether oxygens (including phenoxy) is 2. The summed E-state index contributed by atoms with van der Waals surface area (Å²) in [6.45, 7) is 0.0629. The second kappa shape index (κ2) is 6.60. The van der Waals surface area contributed by atoms with Crippen LogP contribution in [0.2, 0.25) is 0 Å². The van der Waals surface area contributed by atoms with Gasteiger partial charge in [0.2, 0.25) is 5.56 Å². The molecule has 25 heavy (non-hydrogen) atoms. The first-order chi connectivity index (χ1) is 12.0. The lowest BCUT2D eigenvalue weighted by Gasteiger charge is -2.25. The van der Waals surface area contributed by atoms with Crippen molar-refractivity contribution in [2.45, 2.75) is 18.4 Å². The van der Waals surface area contributed by atoms with Crippen molar-refractivity contribution in [3.05, 3.63) is 57.5 Å². The number of methoxy groups -OCH3 is 2. The zero-order valence-electron chi connectivity index (χ0n) is 14.1. The van der Waals surface area contributed by atoms with Crippen LogP contribution < -0.4 is 20.3 Å². The number of amides is 1. The van der Waals surface area contributed by atoms with E-state index in [1.54, 1.807) is 13.2 Å². The maximum Gasteiger partial charge on any atom is 0.252 e. The van der Waals surface area contributed by atoms with Gasteiger partial charge < -0.3 is 24.9 Å². The number of nitrogens with one attached hydrogen (secondary N) is 2. The molecule has 3 N–H and O–H groups in total. The number of aromatic nitrogens is 1. The fourth-order valence-electron chi connectivity index (χ4n) is 3.10. The smallest absolute Gasteiger partial charge is 0.252 e. The third-order valence-corrected chi connectivity index (χ3v) is 4.51. The average molecular weight is 344 g/mol. The zero-order valence-corrected chi connectivity index (χ0v) is 14.1. The summed E-state index contributed by atoms with van der Waals surface area (Å²) in [5.74, 6) is 0.787. The van der Waals surface area contributed by atoms with Crippen LogP contribution in [-0.4, -0.2) is 36.8 Å². The Balaban J connectivity index is 1.79. The van der Waals surface area contributed by atoms with Crippen LogP contribution in [0.5, 0.6) is 11.5 Å². The summed E-state index contributed by atoms with van der Waals surface area (Å²) in [7, 11) is 3.10. The second-order valence-electron chi connectivity index (χ2n) is 6.02. The number of aliphatic hydroxyl groups is 1. The van der Waals surface area contributed by atoms with Gasteiger partial charge in [0, 0.05) is 12.3 Å². The van der Waals surface area contributed by atoms with E-state index >= 15 is 0 Å². The SMILES string of the molecule is COc1cc2c(cc1OC)C(O)(CNC(=O)c1ccc(=O)[nH]c1)CC2. The van der Waals surface area contributed by atoms with E-state index in [2.05, 4.69) is 10.3 Å². The highest BCUT2D eigenvalue weighted by Crippen LogP contribution is 2.42. The van der Waals surface area contributed by atoms with Gasteiger partial charge in [-0.3, -0.25) is 9.59 Å². The minimum atomic E-state index is -1.17. The Kier molecular flexibility index (Phi) is 4.50. The predicted molar refractivity (Wildman–Crippen MR) is 91.2 cm³/mol. The molecule has 0 aliphatic heterocycles. The zero-order chi connectivity index (χ0) is 18.0. The number of benzene rings is 1. The van der Waals surface area contributed by atoms with E-state index in [1.807, 2.05) is 6.07 Å². The van der Waals surface area contributed by atoms with Crippen molar-refractivity contribution >= 4 is 5.91 Å². The first kappa shape index (κ1) is 17.0. The number of aromatic amines is 1. The molecule has 2 aromatic rings. The van der Waals surface area contributed by atoms with Crippen LogP contribution in [0.4, 0.5) is 0 Å². The number of rotatable bonds is 5. The predicted octanol–water partition coefficient (Wildman–Crippen LogP) is 0.956. The Morgan fingerprint density at radius 3 is 2.64 bits per heavy atom. The second-order valence-corrected chi connectivity index (χ2v) is 6.02. The Hall–Kier alpha value is -2.80. The summed E-state index contributed by atoms with van der Waals surface area (Å²) in [6, 6.07) is 6.34. The van der Waals surface area contributed by atoms with Gasteiger partial charge >= 0.3 is 0 Å². The van der Waals surface area contributed by atoms with E-state index in [-0.39, 0.29) is 18.0 Å². The van der Waals surface area contributed by atoms with Crippen LogP contribution in [0.1, 0.15) is 27.9 Å². The van der Waals surface area contributed by atoms with E-state index in [1.165, 1.54) is 25.4 Å². The highest BCUT2D eigenvalue weighted by atomic mass is 16.5. The molecular formula is C18H20N2O5. The minimum Gasteiger partial charge on any atom is -0.493 e. The van der Waals surface area contributed by atoms with E-state index in [0.717, 1.165) is 11.1 Å². The molecule has 0 saturated heterocycles. The highest BCUT2D eigenvalue weighted by Gasteiger charge is 2.38. The molecule has 0 bridgehead atoms. The monoisotopic (exact) mass is 344 g/mol. The van der Waals surface area contributed by atoms with E-state index in [0.29, 0.717) is 29.9 Å². The van der Waals surface area contributed by atoms with Gasteiger partial charge in [-0.1, -0.05) is 0 Å². The number of hydrogen-bond acceptors (Lipinski definition) is 5. The molecule has 1 aliphatic rings. The summed E-state index contributed by atoms with van der Waals surface area (Å²) >= 11 is 0. The van der Waals surface area contributed by atoms with Crippen molar-refractivity contribution in [2.24, 2.45) is 0 Å². The lowest BCUT2D eigenvalue weighted by atomic mass is 9.95. The molecule has 1 atom stereocenters. The molecule has 1 heterocycles. The first-order valence-corrected chi connectivity index (χ1v) is 7.91. The molecule has 3 rings (SSSR count).